The molecule has 3 nitrogen and oxygen atoms in total. The molecule has 1 unspecified atom stereocenters. The summed E-state index contributed by atoms with van der Waals surface area (Å²) in [5.74, 6) is 0.0352. The Morgan fingerprint density at radius 2 is 2.00 bits per heavy atom. The highest BCUT2D eigenvalue weighted by Gasteiger charge is 2.20. The van der Waals surface area contributed by atoms with Crippen molar-refractivity contribution >= 4 is 5.97 Å². The van der Waals surface area contributed by atoms with Crippen molar-refractivity contribution < 1.29 is 14.6 Å². The van der Waals surface area contributed by atoms with Crippen LogP contribution in [0.4, 0.5) is 0 Å². The molecule has 0 radical (unpaired) electrons. The summed E-state index contributed by atoms with van der Waals surface area (Å²) in [5.41, 5.74) is 1.41. The first-order valence-electron chi connectivity index (χ1n) is 6.68. The van der Waals surface area contributed by atoms with Gasteiger partial charge in [0.25, 0.3) is 0 Å². The van der Waals surface area contributed by atoms with E-state index in [0.29, 0.717) is 18.3 Å². The van der Waals surface area contributed by atoms with Crippen LogP contribution in [0.5, 0.6) is 5.75 Å². The molecule has 0 aliphatic heterocycles. The molecule has 1 aromatic carbocycles. The van der Waals surface area contributed by atoms with E-state index in [9.17, 15) is 4.79 Å². The molecule has 0 aromatic heterocycles. The summed E-state index contributed by atoms with van der Waals surface area (Å²) in [5, 5.41) is 9.15. The Bertz CT molecular complexity index is 444. The fraction of sp³-hybridized carbons (Fsp3) is 0.562. The van der Waals surface area contributed by atoms with E-state index in [4.69, 9.17) is 9.84 Å². The normalized spacial score (nSPS) is 13.1. The van der Waals surface area contributed by atoms with Crippen LogP contribution in [0.15, 0.2) is 18.2 Å². The lowest BCUT2D eigenvalue weighted by Crippen LogP contribution is -2.19. The Hall–Kier alpha value is -1.51. The highest BCUT2D eigenvalue weighted by atomic mass is 16.5. The van der Waals surface area contributed by atoms with Crippen molar-refractivity contribution in [2.45, 2.75) is 41.0 Å². The second-order valence-corrected chi connectivity index (χ2v) is 6.21. The van der Waals surface area contributed by atoms with E-state index >= 15 is 0 Å². The van der Waals surface area contributed by atoms with Crippen LogP contribution in [0.3, 0.4) is 0 Å². The summed E-state index contributed by atoms with van der Waals surface area (Å²) >= 11 is 0. The van der Waals surface area contributed by atoms with E-state index < -0.39 is 5.97 Å². The van der Waals surface area contributed by atoms with Crippen LogP contribution in [0.2, 0.25) is 0 Å². The van der Waals surface area contributed by atoms with Crippen LogP contribution in [-0.2, 0) is 0 Å². The highest BCUT2D eigenvalue weighted by molar-refractivity contribution is 5.91. The predicted octanol–water partition coefficient (Wildman–Crippen LogP) is 4.14. The van der Waals surface area contributed by atoms with E-state index in [2.05, 4.69) is 27.7 Å². The molecular weight excluding hydrogens is 240 g/mol. The molecule has 106 valence electrons. The summed E-state index contributed by atoms with van der Waals surface area (Å²) in [4.78, 5) is 11.2. The number of benzene rings is 1. The molecular formula is C16H24O3. The minimum atomic E-state index is -0.942. The Morgan fingerprint density at radius 3 is 2.53 bits per heavy atom. The summed E-state index contributed by atoms with van der Waals surface area (Å²) in [6, 6.07) is 5.25. The lowest BCUT2D eigenvalue weighted by molar-refractivity contribution is 0.0691. The number of carboxylic acids is 1. The van der Waals surface area contributed by atoms with Crippen molar-refractivity contribution in [3.05, 3.63) is 29.3 Å². The van der Waals surface area contributed by atoms with Gasteiger partial charge in [-0.15, -0.1) is 0 Å². The Morgan fingerprint density at radius 1 is 1.37 bits per heavy atom. The summed E-state index contributed by atoms with van der Waals surface area (Å²) in [6.07, 6.45) is 0.913. The molecule has 0 aliphatic rings. The Labute approximate surface area is 115 Å². The minimum Gasteiger partial charge on any atom is -0.493 e. The fourth-order valence-electron chi connectivity index (χ4n) is 1.72. The monoisotopic (exact) mass is 264 g/mol. The smallest absolute Gasteiger partial charge is 0.339 e. The standard InChI is InChI=1S/C16H24O3/c1-11-6-7-14(13(10-11)15(17)18)19-9-8-12(2)16(3,4)5/h6-7,10,12H,8-9H2,1-5H3,(H,17,18). The first-order chi connectivity index (χ1) is 8.71. The molecule has 3 heteroatoms. The highest BCUT2D eigenvalue weighted by Crippen LogP contribution is 2.28. The second-order valence-electron chi connectivity index (χ2n) is 6.21. The zero-order chi connectivity index (χ0) is 14.6. The molecule has 0 amide bonds. The van der Waals surface area contributed by atoms with Crippen LogP contribution >= 0.6 is 0 Å². The number of hydrogen-bond acceptors (Lipinski definition) is 2. The van der Waals surface area contributed by atoms with E-state index in [-0.39, 0.29) is 11.0 Å². The van der Waals surface area contributed by atoms with Crippen molar-refractivity contribution in [3.63, 3.8) is 0 Å². The van der Waals surface area contributed by atoms with Gasteiger partial charge in [0.2, 0.25) is 0 Å². The maximum Gasteiger partial charge on any atom is 0.339 e. The summed E-state index contributed by atoms with van der Waals surface area (Å²) < 4.78 is 5.64. The number of aryl methyl sites for hydroxylation is 1. The van der Waals surface area contributed by atoms with Gasteiger partial charge >= 0.3 is 5.97 Å². The van der Waals surface area contributed by atoms with Crippen LogP contribution in [0.25, 0.3) is 0 Å². The molecule has 0 saturated carbocycles. The number of ether oxygens (including phenoxy) is 1. The molecule has 1 rings (SSSR count). The van der Waals surface area contributed by atoms with Crippen LogP contribution in [0.1, 0.15) is 50.0 Å². The van der Waals surface area contributed by atoms with Gasteiger partial charge in [-0.25, -0.2) is 4.79 Å². The van der Waals surface area contributed by atoms with Gasteiger partial charge in [-0.05, 0) is 36.8 Å². The summed E-state index contributed by atoms with van der Waals surface area (Å²) in [7, 11) is 0. The van der Waals surface area contributed by atoms with Gasteiger partial charge in [-0.3, -0.25) is 0 Å². The third kappa shape index (κ3) is 4.58. The average molecular weight is 264 g/mol. The van der Waals surface area contributed by atoms with Crippen LogP contribution in [-0.4, -0.2) is 17.7 Å². The lowest BCUT2D eigenvalue weighted by Gasteiger charge is -2.27. The maximum absolute atomic E-state index is 11.2. The number of aromatic carboxylic acids is 1. The number of rotatable bonds is 5. The molecule has 0 bridgehead atoms. The van der Waals surface area contributed by atoms with Gasteiger partial charge in [0, 0.05) is 0 Å². The third-order valence-corrected chi connectivity index (χ3v) is 3.65. The van der Waals surface area contributed by atoms with E-state index in [1.165, 1.54) is 0 Å². The molecule has 0 aliphatic carbocycles. The number of carbonyl (C=O) groups is 1. The molecule has 0 saturated heterocycles. The van der Waals surface area contributed by atoms with Gasteiger partial charge in [0.05, 0.1) is 6.61 Å². The molecule has 0 heterocycles. The molecule has 0 fully saturated rings. The van der Waals surface area contributed by atoms with Gasteiger partial charge in [-0.2, -0.15) is 0 Å². The third-order valence-electron chi connectivity index (χ3n) is 3.65. The molecule has 1 aromatic rings. The molecule has 1 atom stereocenters. The number of hydrogen-bond donors (Lipinski definition) is 1. The second kappa shape index (κ2) is 6.09. The van der Waals surface area contributed by atoms with E-state index in [1.807, 2.05) is 13.0 Å². The first kappa shape index (κ1) is 15.5. The van der Waals surface area contributed by atoms with Crippen molar-refractivity contribution in [3.8, 4) is 5.75 Å². The van der Waals surface area contributed by atoms with Crippen molar-refractivity contribution in [1.29, 1.82) is 0 Å². The average Bonchev–Trinajstić information content (AvgIpc) is 2.29. The van der Waals surface area contributed by atoms with Crippen molar-refractivity contribution in [1.82, 2.24) is 0 Å². The van der Waals surface area contributed by atoms with Gasteiger partial charge in [0.15, 0.2) is 0 Å². The van der Waals surface area contributed by atoms with E-state index in [1.54, 1.807) is 12.1 Å². The zero-order valence-corrected chi connectivity index (χ0v) is 12.5. The Balaban J connectivity index is 2.66. The molecule has 19 heavy (non-hydrogen) atoms. The van der Waals surface area contributed by atoms with Crippen LogP contribution < -0.4 is 4.74 Å². The van der Waals surface area contributed by atoms with Crippen LogP contribution in [0, 0.1) is 18.3 Å². The lowest BCUT2D eigenvalue weighted by atomic mass is 9.80. The number of carboxylic acid groups (broad SMARTS) is 1. The largest absolute Gasteiger partial charge is 0.493 e. The van der Waals surface area contributed by atoms with Crippen molar-refractivity contribution in [2.24, 2.45) is 11.3 Å². The van der Waals surface area contributed by atoms with Gasteiger partial charge in [0.1, 0.15) is 11.3 Å². The topological polar surface area (TPSA) is 46.5 Å². The zero-order valence-electron chi connectivity index (χ0n) is 12.5. The first-order valence-corrected chi connectivity index (χ1v) is 6.68. The fourth-order valence-corrected chi connectivity index (χ4v) is 1.72. The van der Waals surface area contributed by atoms with Gasteiger partial charge < -0.3 is 9.84 Å². The maximum atomic E-state index is 11.2. The quantitative estimate of drug-likeness (QED) is 0.869. The van der Waals surface area contributed by atoms with E-state index in [0.717, 1.165) is 12.0 Å². The predicted molar refractivity (Wildman–Crippen MR) is 76.9 cm³/mol. The Kier molecular flexibility index (Phi) is 4.98. The van der Waals surface area contributed by atoms with Crippen molar-refractivity contribution in [2.75, 3.05) is 6.61 Å². The summed E-state index contributed by atoms with van der Waals surface area (Å²) in [6.45, 7) is 11.2. The van der Waals surface area contributed by atoms with Gasteiger partial charge in [-0.1, -0.05) is 39.3 Å². The minimum absolute atomic E-state index is 0.239. The molecule has 0 spiro atoms. The SMILES string of the molecule is Cc1ccc(OCCC(C)C(C)(C)C)c(C(=O)O)c1. The molecule has 1 N–H and O–H groups in total.